The zero-order chi connectivity index (χ0) is 26.6. The molecule has 0 bridgehead atoms. The highest BCUT2D eigenvalue weighted by molar-refractivity contribution is 5.85. The Bertz CT molecular complexity index is 1390. The Balaban J connectivity index is 1.38. The van der Waals surface area contributed by atoms with Crippen molar-refractivity contribution in [3.8, 4) is 17.0 Å². The second-order valence-electron chi connectivity index (χ2n) is 9.71. The summed E-state index contributed by atoms with van der Waals surface area (Å²) in [7, 11) is 5.63. The Morgan fingerprint density at radius 3 is 2.53 bits per heavy atom. The molecule has 0 unspecified atom stereocenters. The van der Waals surface area contributed by atoms with E-state index in [9.17, 15) is 0 Å². The lowest BCUT2D eigenvalue weighted by Crippen LogP contribution is -2.45. The van der Waals surface area contributed by atoms with Gasteiger partial charge >= 0.3 is 0 Å². The van der Waals surface area contributed by atoms with E-state index < -0.39 is 0 Å². The Hall–Kier alpha value is -3.85. The predicted octanol–water partition coefficient (Wildman–Crippen LogP) is 5.13. The summed E-state index contributed by atoms with van der Waals surface area (Å²) in [5.74, 6) is 1.48. The van der Waals surface area contributed by atoms with Gasteiger partial charge in [-0.15, -0.1) is 0 Å². The van der Waals surface area contributed by atoms with E-state index in [0.717, 1.165) is 65.5 Å². The molecule has 1 saturated heterocycles. The lowest BCUT2D eigenvalue weighted by atomic mass is 10.0. The van der Waals surface area contributed by atoms with Crippen LogP contribution < -0.4 is 20.3 Å². The molecule has 1 fully saturated rings. The first-order valence-electron chi connectivity index (χ1n) is 13.4. The summed E-state index contributed by atoms with van der Waals surface area (Å²) >= 11 is 0. The molecule has 0 aliphatic carbocycles. The van der Waals surface area contributed by atoms with Gasteiger partial charge in [0.15, 0.2) is 0 Å². The fraction of sp³-hybridized carbons (Fsp3) is 0.414. The number of fused-ring (bicyclic) bond motifs is 1. The maximum absolute atomic E-state index is 5.83. The third kappa shape index (κ3) is 5.11. The van der Waals surface area contributed by atoms with Crippen LogP contribution in [0.25, 0.3) is 22.2 Å². The molecule has 2 aromatic heterocycles. The van der Waals surface area contributed by atoms with Crippen LogP contribution in [0.1, 0.15) is 26.7 Å². The fourth-order valence-electron chi connectivity index (χ4n) is 5.55. The quantitative estimate of drug-likeness (QED) is 0.318. The standard InChI is InChI=1S/C29H38N8O/c1-6-36(7-2)22-10-12-37(13-11-22)27-17-28(38-5)25(15-24(27)30-3)34-29-16-23(31-19-32-29)20-8-9-26-21(14-20)18-33-35(26)4/h8-9,14-19,22,30H,6-7,10-13H2,1-5H3,(H,31,32,34). The Kier molecular flexibility index (Phi) is 7.64. The molecular weight excluding hydrogens is 476 g/mol. The monoisotopic (exact) mass is 514 g/mol. The van der Waals surface area contributed by atoms with Crippen LogP contribution in [0.3, 0.4) is 0 Å². The molecule has 0 amide bonds. The first kappa shape index (κ1) is 25.8. The summed E-state index contributed by atoms with van der Waals surface area (Å²) in [6.45, 7) is 8.79. The van der Waals surface area contributed by atoms with Gasteiger partial charge < -0.3 is 25.2 Å². The number of anilines is 4. The number of ether oxygens (including phenoxy) is 1. The topological polar surface area (TPSA) is 83.4 Å². The van der Waals surface area contributed by atoms with Crippen molar-refractivity contribution >= 4 is 33.8 Å². The minimum Gasteiger partial charge on any atom is -0.494 e. The second kappa shape index (κ2) is 11.3. The summed E-state index contributed by atoms with van der Waals surface area (Å²) in [5.41, 5.74) is 6.02. The van der Waals surface area contributed by atoms with Gasteiger partial charge in [-0.3, -0.25) is 4.68 Å². The summed E-state index contributed by atoms with van der Waals surface area (Å²) in [6, 6.07) is 13.1. The van der Waals surface area contributed by atoms with Crippen molar-refractivity contribution < 1.29 is 4.74 Å². The molecule has 3 heterocycles. The van der Waals surface area contributed by atoms with E-state index >= 15 is 0 Å². The SMILES string of the molecule is CCN(CC)C1CCN(c2cc(OC)c(Nc3cc(-c4ccc5c(cnn5C)c4)ncn3)cc2NC)CC1. The fourth-order valence-corrected chi connectivity index (χ4v) is 5.55. The smallest absolute Gasteiger partial charge is 0.144 e. The second-order valence-corrected chi connectivity index (χ2v) is 9.71. The molecule has 0 spiro atoms. The van der Waals surface area contributed by atoms with Crippen LogP contribution in [0.4, 0.5) is 22.9 Å². The van der Waals surface area contributed by atoms with Gasteiger partial charge in [0, 0.05) is 56.3 Å². The number of aromatic nitrogens is 4. The molecule has 2 N–H and O–H groups in total. The normalized spacial score (nSPS) is 14.3. The van der Waals surface area contributed by atoms with Crippen molar-refractivity contribution in [3.63, 3.8) is 0 Å². The minimum atomic E-state index is 0.660. The van der Waals surface area contributed by atoms with E-state index in [-0.39, 0.29) is 0 Å². The van der Waals surface area contributed by atoms with E-state index in [1.54, 1.807) is 13.4 Å². The van der Waals surface area contributed by atoms with Crippen molar-refractivity contribution in [2.75, 3.05) is 55.9 Å². The minimum absolute atomic E-state index is 0.660. The van der Waals surface area contributed by atoms with E-state index in [0.29, 0.717) is 11.9 Å². The summed E-state index contributed by atoms with van der Waals surface area (Å²) in [4.78, 5) is 14.0. The number of nitrogens with one attached hydrogen (secondary N) is 2. The third-order valence-corrected chi connectivity index (χ3v) is 7.69. The largest absolute Gasteiger partial charge is 0.494 e. The number of hydrogen-bond acceptors (Lipinski definition) is 8. The van der Waals surface area contributed by atoms with Gasteiger partial charge in [0.25, 0.3) is 0 Å². The number of nitrogens with zero attached hydrogens (tertiary/aromatic N) is 6. The number of hydrogen-bond donors (Lipinski definition) is 2. The van der Waals surface area contributed by atoms with Crippen molar-refractivity contribution in [1.82, 2.24) is 24.6 Å². The number of methoxy groups -OCH3 is 1. The van der Waals surface area contributed by atoms with Gasteiger partial charge in [-0.05, 0) is 44.1 Å². The Morgan fingerprint density at radius 2 is 1.82 bits per heavy atom. The van der Waals surface area contributed by atoms with Gasteiger partial charge in [0.2, 0.25) is 0 Å². The first-order valence-corrected chi connectivity index (χ1v) is 13.4. The van der Waals surface area contributed by atoms with Gasteiger partial charge in [-0.25, -0.2) is 9.97 Å². The van der Waals surface area contributed by atoms with Crippen LogP contribution in [-0.4, -0.2) is 71.0 Å². The molecule has 1 aliphatic heterocycles. The molecule has 38 heavy (non-hydrogen) atoms. The molecule has 1 aliphatic rings. The third-order valence-electron chi connectivity index (χ3n) is 7.69. The van der Waals surface area contributed by atoms with E-state index in [4.69, 9.17) is 4.74 Å². The maximum Gasteiger partial charge on any atom is 0.144 e. The van der Waals surface area contributed by atoms with E-state index in [1.165, 1.54) is 18.5 Å². The van der Waals surface area contributed by atoms with Crippen LogP contribution in [0.15, 0.2) is 48.9 Å². The van der Waals surface area contributed by atoms with Gasteiger partial charge in [0.1, 0.15) is 17.9 Å². The first-order chi connectivity index (χ1) is 18.5. The van der Waals surface area contributed by atoms with E-state index in [1.807, 2.05) is 31.0 Å². The molecule has 200 valence electrons. The summed E-state index contributed by atoms with van der Waals surface area (Å²) in [6.07, 6.45) is 5.80. The summed E-state index contributed by atoms with van der Waals surface area (Å²) < 4.78 is 7.70. The van der Waals surface area contributed by atoms with Gasteiger partial charge in [-0.2, -0.15) is 5.10 Å². The summed E-state index contributed by atoms with van der Waals surface area (Å²) in [5, 5.41) is 12.3. The zero-order valence-corrected chi connectivity index (χ0v) is 23.0. The highest BCUT2D eigenvalue weighted by Crippen LogP contribution is 2.39. The molecule has 9 heteroatoms. The molecule has 9 nitrogen and oxygen atoms in total. The van der Waals surface area contributed by atoms with Crippen LogP contribution in [-0.2, 0) is 7.05 Å². The van der Waals surface area contributed by atoms with E-state index in [2.05, 4.69) is 79.7 Å². The molecule has 2 aromatic carbocycles. The van der Waals surface area contributed by atoms with Gasteiger partial charge in [-0.1, -0.05) is 19.9 Å². The lowest BCUT2D eigenvalue weighted by Gasteiger charge is -2.39. The van der Waals surface area contributed by atoms with Crippen molar-refractivity contribution in [1.29, 1.82) is 0 Å². The van der Waals surface area contributed by atoms with Crippen molar-refractivity contribution in [3.05, 3.63) is 48.9 Å². The molecule has 0 radical (unpaired) electrons. The number of rotatable bonds is 9. The predicted molar refractivity (Wildman–Crippen MR) is 156 cm³/mol. The average molecular weight is 515 g/mol. The zero-order valence-electron chi connectivity index (χ0n) is 23.0. The van der Waals surface area contributed by atoms with Crippen molar-refractivity contribution in [2.45, 2.75) is 32.7 Å². The van der Waals surface area contributed by atoms with Crippen LogP contribution in [0.2, 0.25) is 0 Å². The lowest BCUT2D eigenvalue weighted by molar-refractivity contribution is 0.186. The van der Waals surface area contributed by atoms with Gasteiger partial charge in [0.05, 0.1) is 41.6 Å². The average Bonchev–Trinajstić information content (AvgIpc) is 3.34. The van der Waals surface area contributed by atoms with Crippen molar-refractivity contribution in [2.24, 2.45) is 7.05 Å². The Labute approximate surface area is 224 Å². The Morgan fingerprint density at radius 1 is 1.03 bits per heavy atom. The highest BCUT2D eigenvalue weighted by Gasteiger charge is 2.25. The number of benzene rings is 2. The molecule has 5 rings (SSSR count). The van der Waals surface area contributed by atoms with Crippen LogP contribution in [0, 0.1) is 0 Å². The molecule has 0 saturated carbocycles. The number of aryl methyl sites for hydroxylation is 1. The number of piperidine rings is 1. The molecule has 4 aromatic rings. The molecular formula is C29H38N8O. The van der Waals surface area contributed by atoms with Crippen LogP contribution >= 0.6 is 0 Å². The molecule has 0 atom stereocenters. The highest BCUT2D eigenvalue weighted by atomic mass is 16.5. The van der Waals surface area contributed by atoms with Crippen LogP contribution in [0.5, 0.6) is 5.75 Å². The maximum atomic E-state index is 5.83.